The monoisotopic (exact) mass is 171 g/mol. The largest absolute Gasteiger partial charge is 0.511 e. The van der Waals surface area contributed by atoms with Crippen LogP contribution >= 0.6 is 0 Å². The molecule has 0 aromatic heterocycles. The van der Waals surface area contributed by atoms with Gasteiger partial charge in [-0.25, -0.2) is 0 Å². The van der Waals surface area contributed by atoms with E-state index in [-0.39, 0.29) is 11.8 Å². The second-order valence-corrected chi connectivity index (χ2v) is 2.69. The van der Waals surface area contributed by atoms with Crippen LogP contribution < -0.4 is 16.8 Å². The fraction of sp³-hybridized carbons (Fsp3) is 0.500. The maximum absolute atomic E-state index is 8.85. The quantitative estimate of drug-likeness (QED) is 0.339. The molecule has 0 spiro atoms. The van der Waals surface area contributed by atoms with E-state index in [9.17, 15) is 0 Å². The van der Waals surface area contributed by atoms with Crippen molar-refractivity contribution in [1.29, 1.82) is 0 Å². The minimum absolute atomic E-state index is 0.0292. The maximum Gasteiger partial charge on any atom is 0.102 e. The SMILES string of the molecule is C=C(N)NCCCC(N)C(=C)O. The third-order valence-corrected chi connectivity index (χ3v) is 1.47. The van der Waals surface area contributed by atoms with Crippen molar-refractivity contribution in [1.82, 2.24) is 5.32 Å². The summed E-state index contributed by atoms with van der Waals surface area (Å²) in [5, 5.41) is 11.7. The Kier molecular flexibility index (Phi) is 4.96. The number of hydrogen-bond donors (Lipinski definition) is 4. The fourth-order valence-corrected chi connectivity index (χ4v) is 0.738. The van der Waals surface area contributed by atoms with E-state index in [1.54, 1.807) is 0 Å². The molecular formula is C8H17N3O. The highest BCUT2D eigenvalue weighted by molar-refractivity contribution is 4.92. The molecule has 4 heteroatoms. The molecule has 0 radical (unpaired) electrons. The molecule has 0 heterocycles. The highest BCUT2D eigenvalue weighted by atomic mass is 16.3. The van der Waals surface area contributed by atoms with Crippen LogP contribution in [-0.2, 0) is 0 Å². The van der Waals surface area contributed by atoms with E-state index >= 15 is 0 Å². The molecule has 4 nitrogen and oxygen atoms in total. The maximum atomic E-state index is 8.85. The zero-order valence-electron chi connectivity index (χ0n) is 7.21. The zero-order valence-corrected chi connectivity index (χ0v) is 7.21. The Morgan fingerprint density at radius 3 is 2.50 bits per heavy atom. The van der Waals surface area contributed by atoms with Gasteiger partial charge in [0.2, 0.25) is 0 Å². The normalized spacial score (nSPS) is 12.1. The Morgan fingerprint density at radius 1 is 1.50 bits per heavy atom. The van der Waals surface area contributed by atoms with Crippen molar-refractivity contribution in [3.05, 3.63) is 24.7 Å². The molecule has 0 aliphatic rings. The number of aliphatic hydroxyl groups is 1. The van der Waals surface area contributed by atoms with Crippen LogP contribution in [0.4, 0.5) is 0 Å². The molecule has 6 N–H and O–H groups in total. The summed E-state index contributed by atoms with van der Waals surface area (Å²) in [6.45, 7) is 7.53. The summed E-state index contributed by atoms with van der Waals surface area (Å²) >= 11 is 0. The molecule has 0 saturated carbocycles. The number of aliphatic hydroxyl groups excluding tert-OH is 1. The Morgan fingerprint density at radius 2 is 2.08 bits per heavy atom. The summed E-state index contributed by atoms with van der Waals surface area (Å²) in [7, 11) is 0. The summed E-state index contributed by atoms with van der Waals surface area (Å²) in [6.07, 6.45) is 1.52. The van der Waals surface area contributed by atoms with Gasteiger partial charge in [-0.3, -0.25) is 0 Å². The first kappa shape index (κ1) is 10.8. The van der Waals surface area contributed by atoms with Gasteiger partial charge in [0.05, 0.1) is 11.9 Å². The van der Waals surface area contributed by atoms with E-state index in [1.807, 2.05) is 0 Å². The molecule has 0 fully saturated rings. The third kappa shape index (κ3) is 5.61. The molecular weight excluding hydrogens is 154 g/mol. The average molecular weight is 171 g/mol. The van der Waals surface area contributed by atoms with Crippen LogP contribution in [0.2, 0.25) is 0 Å². The van der Waals surface area contributed by atoms with Gasteiger partial charge in [-0.1, -0.05) is 13.2 Å². The van der Waals surface area contributed by atoms with E-state index in [0.29, 0.717) is 12.2 Å². The lowest BCUT2D eigenvalue weighted by Crippen LogP contribution is -2.25. The van der Waals surface area contributed by atoms with Crippen LogP contribution in [0.3, 0.4) is 0 Å². The zero-order chi connectivity index (χ0) is 9.56. The molecule has 0 saturated heterocycles. The predicted molar refractivity (Wildman–Crippen MR) is 50.3 cm³/mol. The third-order valence-electron chi connectivity index (χ3n) is 1.47. The van der Waals surface area contributed by atoms with E-state index in [2.05, 4.69) is 18.5 Å². The van der Waals surface area contributed by atoms with Gasteiger partial charge in [0, 0.05) is 6.54 Å². The summed E-state index contributed by atoms with van der Waals surface area (Å²) < 4.78 is 0. The van der Waals surface area contributed by atoms with Crippen molar-refractivity contribution in [2.75, 3.05) is 6.54 Å². The van der Waals surface area contributed by atoms with Crippen LogP contribution in [0.5, 0.6) is 0 Å². The number of rotatable bonds is 6. The van der Waals surface area contributed by atoms with Crippen LogP contribution in [0.25, 0.3) is 0 Å². The van der Waals surface area contributed by atoms with Crippen LogP contribution in [0.1, 0.15) is 12.8 Å². The topological polar surface area (TPSA) is 84.3 Å². The van der Waals surface area contributed by atoms with Gasteiger partial charge in [-0.05, 0) is 12.8 Å². The second kappa shape index (κ2) is 5.49. The van der Waals surface area contributed by atoms with E-state index in [0.717, 1.165) is 13.0 Å². The Labute approximate surface area is 72.9 Å². The first-order valence-corrected chi connectivity index (χ1v) is 3.85. The van der Waals surface area contributed by atoms with E-state index in [4.69, 9.17) is 16.6 Å². The van der Waals surface area contributed by atoms with Gasteiger partial charge in [-0.2, -0.15) is 0 Å². The van der Waals surface area contributed by atoms with Gasteiger partial charge in [0.1, 0.15) is 5.76 Å². The highest BCUT2D eigenvalue weighted by Crippen LogP contribution is 1.99. The smallest absolute Gasteiger partial charge is 0.102 e. The standard InChI is InChI=1S/C8H17N3O/c1-6(12)8(10)4-3-5-11-7(2)9/h8,11-12H,1-5,9-10H2. The van der Waals surface area contributed by atoms with Gasteiger partial charge < -0.3 is 21.9 Å². The van der Waals surface area contributed by atoms with E-state index in [1.165, 1.54) is 0 Å². The number of nitrogens with one attached hydrogen (secondary N) is 1. The Hall–Kier alpha value is -1.16. The van der Waals surface area contributed by atoms with Crippen molar-refractivity contribution in [3.8, 4) is 0 Å². The molecule has 0 aromatic carbocycles. The van der Waals surface area contributed by atoms with Crippen molar-refractivity contribution in [3.63, 3.8) is 0 Å². The summed E-state index contributed by atoms with van der Waals surface area (Å²) in [6, 6.07) is -0.335. The van der Waals surface area contributed by atoms with Crippen LogP contribution in [0.15, 0.2) is 24.7 Å². The van der Waals surface area contributed by atoms with Gasteiger partial charge in [0.15, 0.2) is 0 Å². The van der Waals surface area contributed by atoms with Gasteiger partial charge in [-0.15, -0.1) is 0 Å². The van der Waals surface area contributed by atoms with Gasteiger partial charge >= 0.3 is 0 Å². The Bertz CT molecular complexity index is 168. The van der Waals surface area contributed by atoms with Crippen LogP contribution in [-0.4, -0.2) is 17.7 Å². The average Bonchev–Trinajstić information content (AvgIpc) is 1.97. The minimum atomic E-state index is -0.335. The molecule has 0 bridgehead atoms. The molecule has 0 rings (SSSR count). The predicted octanol–water partition coefficient (Wildman–Crippen LogP) is 0.185. The van der Waals surface area contributed by atoms with Crippen molar-refractivity contribution < 1.29 is 5.11 Å². The Balaban J connectivity index is 3.31. The molecule has 70 valence electrons. The van der Waals surface area contributed by atoms with Crippen molar-refractivity contribution in [2.45, 2.75) is 18.9 Å². The molecule has 0 aromatic rings. The lowest BCUT2D eigenvalue weighted by atomic mass is 10.1. The molecule has 0 aliphatic carbocycles. The highest BCUT2D eigenvalue weighted by Gasteiger charge is 2.03. The summed E-state index contributed by atoms with van der Waals surface area (Å²) in [5.41, 5.74) is 10.8. The molecule has 1 unspecified atom stereocenters. The number of nitrogens with two attached hydrogens (primary N) is 2. The molecule has 12 heavy (non-hydrogen) atoms. The summed E-state index contributed by atoms with van der Waals surface area (Å²) in [4.78, 5) is 0. The lowest BCUT2D eigenvalue weighted by Gasteiger charge is -2.09. The first-order valence-electron chi connectivity index (χ1n) is 3.85. The van der Waals surface area contributed by atoms with Gasteiger partial charge in [0.25, 0.3) is 0 Å². The molecule has 0 amide bonds. The molecule has 0 aliphatic heterocycles. The second-order valence-electron chi connectivity index (χ2n) is 2.69. The van der Waals surface area contributed by atoms with Crippen molar-refractivity contribution >= 4 is 0 Å². The first-order chi connectivity index (χ1) is 5.54. The van der Waals surface area contributed by atoms with E-state index < -0.39 is 0 Å². The minimum Gasteiger partial charge on any atom is -0.511 e. The number of hydrogen-bond acceptors (Lipinski definition) is 4. The lowest BCUT2D eigenvalue weighted by molar-refractivity contribution is 0.359. The van der Waals surface area contributed by atoms with Crippen molar-refractivity contribution in [2.24, 2.45) is 11.5 Å². The fourth-order valence-electron chi connectivity index (χ4n) is 0.738. The molecule has 1 atom stereocenters. The van der Waals surface area contributed by atoms with Crippen LogP contribution in [0, 0.1) is 0 Å². The summed E-state index contributed by atoms with van der Waals surface area (Å²) in [5.74, 6) is 0.480.